The van der Waals surface area contributed by atoms with Crippen LogP contribution in [-0.4, -0.2) is 9.97 Å². The predicted molar refractivity (Wildman–Crippen MR) is 209 cm³/mol. The molecule has 10 aromatic rings. The second kappa shape index (κ2) is 11.2. The molecule has 0 saturated heterocycles. The Morgan fingerprint density at radius 1 is 0.449 bits per heavy atom. The number of pyridine rings is 2. The van der Waals surface area contributed by atoms with Gasteiger partial charge in [0.1, 0.15) is 0 Å². The Kier molecular flexibility index (Phi) is 4.96. The van der Waals surface area contributed by atoms with Crippen LogP contribution in [0.1, 0.15) is 9.60 Å². The van der Waals surface area contributed by atoms with E-state index in [0.717, 1.165) is 32.3 Å². The summed E-state index contributed by atoms with van der Waals surface area (Å²) in [5.41, 5.74) is 5.18. The van der Waals surface area contributed by atoms with E-state index in [1.807, 2.05) is 36.4 Å². The van der Waals surface area contributed by atoms with Crippen molar-refractivity contribution in [3.05, 3.63) is 170 Å². The molecule has 7 aromatic carbocycles. The molecule has 0 aliphatic heterocycles. The average Bonchev–Trinajstić information content (AvgIpc) is 3.73. The van der Waals surface area contributed by atoms with Crippen molar-refractivity contribution in [1.29, 1.82) is 0 Å². The van der Waals surface area contributed by atoms with Gasteiger partial charge in [-0.25, -0.2) is 4.98 Å². The van der Waals surface area contributed by atoms with Gasteiger partial charge in [-0.3, -0.25) is 4.98 Å². The van der Waals surface area contributed by atoms with Gasteiger partial charge in [0, 0.05) is 37.8 Å². The lowest BCUT2D eigenvalue weighted by Crippen LogP contribution is -1.91. The van der Waals surface area contributed by atoms with Crippen LogP contribution < -0.4 is 0 Å². The quantitative estimate of drug-likeness (QED) is 0.178. The fraction of sp³-hybridized carbons (Fsp3) is 0. The molecule has 0 fully saturated rings. The highest BCUT2D eigenvalue weighted by atomic mass is 32.1. The number of hydrogen-bond acceptors (Lipinski definition) is 3. The van der Waals surface area contributed by atoms with Crippen LogP contribution in [0.2, 0.25) is 0 Å². The molecule has 228 valence electrons. The van der Waals surface area contributed by atoms with E-state index in [1.165, 1.54) is 32.0 Å². The summed E-state index contributed by atoms with van der Waals surface area (Å²) in [6.45, 7) is 0. The van der Waals surface area contributed by atoms with Crippen molar-refractivity contribution < 1.29 is 9.60 Å². The fourth-order valence-corrected chi connectivity index (χ4v) is 7.97. The van der Waals surface area contributed by atoms with Crippen LogP contribution in [0.5, 0.6) is 0 Å². The van der Waals surface area contributed by atoms with Gasteiger partial charge in [0.15, 0.2) is 0 Å². The number of hydrogen-bond donors (Lipinski definition) is 0. The summed E-state index contributed by atoms with van der Waals surface area (Å²) in [5, 5.41) is 6.56. The van der Waals surface area contributed by atoms with Gasteiger partial charge in [0.2, 0.25) is 0 Å². The summed E-state index contributed by atoms with van der Waals surface area (Å²) in [6.07, 6.45) is -0.455. The van der Waals surface area contributed by atoms with Gasteiger partial charge < -0.3 is 0 Å². The molecule has 10 rings (SSSR count). The molecule has 0 unspecified atom stereocenters. The Balaban J connectivity index is 1.10. The molecular formula is C46H28N2S. The van der Waals surface area contributed by atoms with Crippen molar-refractivity contribution in [2.45, 2.75) is 0 Å². The number of benzene rings is 7. The van der Waals surface area contributed by atoms with E-state index >= 15 is 0 Å². The van der Waals surface area contributed by atoms with Gasteiger partial charge in [0.05, 0.1) is 26.3 Å². The lowest BCUT2D eigenvalue weighted by molar-refractivity contribution is 1.37. The van der Waals surface area contributed by atoms with Gasteiger partial charge in [-0.2, -0.15) is 0 Å². The van der Waals surface area contributed by atoms with Gasteiger partial charge >= 0.3 is 0 Å². The molecule has 0 aliphatic rings. The Bertz CT molecular complexity index is 3300. The zero-order valence-electron chi connectivity index (χ0n) is 32.9. The van der Waals surface area contributed by atoms with Crippen molar-refractivity contribution in [2.75, 3.05) is 0 Å². The highest BCUT2D eigenvalue weighted by Crippen LogP contribution is 2.42. The second-order valence-electron chi connectivity index (χ2n) is 12.0. The molecule has 0 aliphatic carbocycles. The molecule has 0 amide bonds. The van der Waals surface area contributed by atoms with Crippen LogP contribution in [0, 0.1) is 0 Å². The van der Waals surface area contributed by atoms with E-state index in [9.17, 15) is 0 Å². The molecule has 0 spiro atoms. The molecule has 0 bridgehead atoms. The van der Waals surface area contributed by atoms with Crippen LogP contribution in [-0.2, 0) is 0 Å². The van der Waals surface area contributed by atoms with Crippen LogP contribution in [0.4, 0.5) is 0 Å². The Labute approximate surface area is 297 Å². The highest BCUT2D eigenvalue weighted by molar-refractivity contribution is 7.19. The SMILES string of the molecule is [2H]c1nc2c(c([2H])c1[2H])c([2H])c([2H])c1c([2H])c([2H])c(-c3ccc(-c4cccc(-c5ccc(-c6cc7ccccc7c7ccccc67)s5)c4)c4ccccc34)nc12. The topological polar surface area (TPSA) is 25.8 Å². The minimum Gasteiger partial charge on any atom is -0.254 e. The van der Waals surface area contributed by atoms with E-state index in [2.05, 4.69) is 96.0 Å². The summed E-state index contributed by atoms with van der Waals surface area (Å²) in [6, 6.07) is 42.0. The number of nitrogens with zero attached hydrogens (tertiary/aromatic N) is 2. The van der Waals surface area contributed by atoms with E-state index in [0.29, 0.717) is 5.56 Å². The highest BCUT2D eigenvalue weighted by Gasteiger charge is 2.15. The van der Waals surface area contributed by atoms with Crippen molar-refractivity contribution >= 4 is 65.5 Å². The normalized spacial score (nSPS) is 13.7. The lowest BCUT2D eigenvalue weighted by Gasteiger charge is -2.13. The molecule has 0 N–H and O–H groups in total. The molecule has 49 heavy (non-hydrogen) atoms. The zero-order chi connectivity index (χ0) is 38.4. The molecule has 3 heterocycles. The molecule has 0 atom stereocenters. The molecule has 3 heteroatoms. The van der Waals surface area contributed by atoms with Gasteiger partial charge in [0.25, 0.3) is 0 Å². The lowest BCUT2D eigenvalue weighted by atomic mass is 9.92. The average molecular weight is 648 g/mol. The monoisotopic (exact) mass is 647 g/mol. The molecule has 0 saturated carbocycles. The van der Waals surface area contributed by atoms with Crippen molar-refractivity contribution in [3.63, 3.8) is 0 Å². The number of thiophene rings is 1. The molecule has 2 nitrogen and oxygen atoms in total. The second-order valence-corrected chi connectivity index (χ2v) is 13.1. The summed E-state index contributed by atoms with van der Waals surface area (Å²) < 4.78 is 60.1. The van der Waals surface area contributed by atoms with Crippen molar-refractivity contribution in [3.8, 4) is 43.3 Å². The third-order valence-electron chi connectivity index (χ3n) is 9.23. The molecule has 3 aromatic heterocycles. The molecule has 0 radical (unpaired) electrons. The fourth-order valence-electron chi connectivity index (χ4n) is 6.94. The maximum absolute atomic E-state index is 9.06. The summed E-state index contributed by atoms with van der Waals surface area (Å²) >= 11 is 1.77. The third kappa shape index (κ3) is 4.62. The van der Waals surface area contributed by atoms with Gasteiger partial charge in [-0.15, -0.1) is 11.3 Å². The number of rotatable bonds is 4. The minimum atomic E-state index is -0.455. The van der Waals surface area contributed by atoms with Crippen LogP contribution in [0.25, 0.3) is 97.4 Å². The van der Waals surface area contributed by atoms with Crippen LogP contribution in [0.3, 0.4) is 0 Å². The first-order valence-corrected chi connectivity index (χ1v) is 16.8. The van der Waals surface area contributed by atoms with Gasteiger partial charge in [-0.1, -0.05) is 127 Å². The standard InChI is InChI=1S/C46H28N2S/c1-2-13-34-32(9-1)28-41(39-17-6-4-14-36(34)39)44-25-24-43(49-44)33-11-7-10-31(27-33)35-21-22-40(38-16-5-3-15-37(35)38)42-23-20-30-19-18-29-12-8-26-47-45(29)46(30)48-42/h1-28H/i8D,12D,18D,19D,20D,23D,26D. The van der Waals surface area contributed by atoms with Crippen molar-refractivity contribution in [1.82, 2.24) is 9.97 Å². The van der Waals surface area contributed by atoms with Crippen molar-refractivity contribution in [2.24, 2.45) is 0 Å². The first kappa shape index (κ1) is 21.7. The number of fused-ring (bicyclic) bond motifs is 7. The van der Waals surface area contributed by atoms with E-state index in [4.69, 9.17) is 14.6 Å². The molecular weight excluding hydrogens is 613 g/mol. The van der Waals surface area contributed by atoms with Crippen LogP contribution in [0.15, 0.2) is 170 Å². The van der Waals surface area contributed by atoms with E-state index in [-0.39, 0.29) is 57.7 Å². The van der Waals surface area contributed by atoms with E-state index in [1.54, 1.807) is 11.3 Å². The predicted octanol–water partition coefficient (Wildman–Crippen LogP) is 13.0. The third-order valence-corrected chi connectivity index (χ3v) is 10.4. The summed E-state index contributed by atoms with van der Waals surface area (Å²) in [7, 11) is 0. The Morgan fingerprint density at radius 3 is 1.96 bits per heavy atom. The number of aromatic nitrogens is 2. The van der Waals surface area contributed by atoms with Gasteiger partial charge in [-0.05, 0) is 85.4 Å². The summed E-state index contributed by atoms with van der Waals surface area (Å²) in [4.78, 5) is 11.4. The maximum Gasteiger partial charge on any atom is 0.0972 e. The largest absolute Gasteiger partial charge is 0.254 e. The smallest absolute Gasteiger partial charge is 0.0972 e. The zero-order valence-corrected chi connectivity index (χ0v) is 26.7. The van der Waals surface area contributed by atoms with E-state index < -0.39 is 12.2 Å². The summed E-state index contributed by atoms with van der Waals surface area (Å²) in [5.74, 6) is 0. The first-order valence-electron chi connectivity index (χ1n) is 19.5. The Morgan fingerprint density at radius 2 is 1.10 bits per heavy atom. The maximum atomic E-state index is 9.06. The Hall–Kier alpha value is -6.16. The first-order chi connectivity index (χ1) is 27.2. The van der Waals surface area contributed by atoms with Crippen LogP contribution >= 0.6 is 11.3 Å². The minimum absolute atomic E-state index is 0.00466.